The molecule has 0 spiro atoms. The molecule has 0 amide bonds. The van der Waals surface area contributed by atoms with Gasteiger partial charge in [0.05, 0.1) is 20.7 Å². The Hall–Kier alpha value is -2.82. The number of rotatable bonds is 6. The molecule has 0 saturated heterocycles. The minimum absolute atomic E-state index is 0.217. The van der Waals surface area contributed by atoms with E-state index in [0.29, 0.717) is 23.3 Å². The van der Waals surface area contributed by atoms with Crippen LogP contribution in [0, 0.1) is 3.57 Å². The second kappa shape index (κ2) is 11.1. The Morgan fingerprint density at radius 2 is 1.72 bits per heavy atom. The normalized spacial score (nSPS) is 11.3. The van der Waals surface area contributed by atoms with E-state index < -0.39 is 0 Å². The maximum absolute atomic E-state index is 13.3. The van der Waals surface area contributed by atoms with Crippen LogP contribution in [0.5, 0.6) is 5.75 Å². The highest BCUT2D eigenvalue weighted by molar-refractivity contribution is 14.1. The van der Waals surface area contributed by atoms with Gasteiger partial charge in [-0.15, -0.1) is 0 Å². The molecule has 0 aliphatic rings. The lowest BCUT2D eigenvalue weighted by molar-refractivity contribution is 0.303. The first-order valence-electron chi connectivity index (χ1n) is 11.0. The summed E-state index contributed by atoms with van der Waals surface area (Å²) in [5, 5.41) is 5.07. The van der Waals surface area contributed by atoms with Crippen LogP contribution in [0.1, 0.15) is 11.1 Å². The third-order valence-corrected chi connectivity index (χ3v) is 7.54. The topological polar surface area (TPSA) is 56.5 Å². The molecule has 0 N–H and O–H groups in total. The molecule has 5 aromatic rings. The number of ether oxygens (including phenoxy) is 1. The summed E-state index contributed by atoms with van der Waals surface area (Å²) >= 11 is 9.29. The molecule has 0 aliphatic carbocycles. The molecule has 4 aromatic carbocycles. The fraction of sp³-hybridized carbons (Fsp3) is 0.0357. The Morgan fingerprint density at radius 1 is 0.944 bits per heavy atom. The Labute approximate surface area is 238 Å². The van der Waals surface area contributed by atoms with Gasteiger partial charge in [-0.25, -0.2) is 4.98 Å². The van der Waals surface area contributed by atoms with Crippen molar-refractivity contribution in [3.63, 3.8) is 0 Å². The summed E-state index contributed by atoms with van der Waals surface area (Å²) in [5.74, 6) is 1.27. The van der Waals surface area contributed by atoms with Gasteiger partial charge in [0.15, 0.2) is 5.82 Å². The van der Waals surface area contributed by atoms with Crippen LogP contribution in [0.25, 0.3) is 22.3 Å². The quantitative estimate of drug-likeness (QED) is 0.134. The van der Waals surface area contributed by atoms with Crippen LogP contribution in [0.15, 0.2) is 110 Å². The molecule has 36 heavy (non-hydrogen) atoms. The van der Waals surface area contributed by atoms with Gasteiger partial charge in [0.2, 0.25) is 0 Å². The zero-order valence-corrected chi connectivity index (χ0v) is 24.1. The average molecular weight is 715 g/mol. The highest BCUT2D eigenvalue weighted by atomic mass is 127. The van der Waals surface area contributed by atoms with E-state index in [1.165, 1.54) is 4.68 Å². The smallest absolute Gasteiger partial charge is 0.282 e. The Balaban J connectivity index is 1.45. The number of hydrogen-bond acceptors (Lipinski definition) is 4. The molecule has 1 aromatic heterocycles. The molecule has 0 unspecified atom stereocenters. The van der Waals surface area contributed by atoms with Gasteiger partial charge < -0.3 is 4.74 Å². The van der Waals surface area contributed by atoms with Crippen molar-refractivity contribution >= 4 is 71.6 Å². The average Bonchev–Trinajstić information content (AvgIpc) is 2.89. The zero-order valence-electron chi connectivity index (χ0n) is 18.7. The molecular formula is C28H18Br2IN3O2. The van der Waals surface area contributed by atoms with Crippen molar-refractivity contribution in [2.45, 2.75) is 6.61 Å². The van der Waals surface area contributed by atoms with E-state index in [-0.39, 0.29) is 5.56 Å². The van der Waals surface area contributed by atoms with Crippen molar-refractivity contribution in [3.8, 4) is 17.1 Å². The number of aromatic nitrogens is 2. The lowest BCUT2D eigenvalue weighted by Crippen LogP contribution is -2.20. The molecule has 178 valence electrons. The van der Waals surface area contributed by atoms with Crippen molar-refractivity contribution < 1.29 is 4.74 Å². The number of hydrogen-bond donors (Lipinski definition) is 0. The molecule has 1 heterocycles. The maximum Gasteiger partial charge on any atom is 0.282 e. The predicted molar refractivity (Wildman–Crippen MR) is 160 cm³/mol. The van der Waals surface area contributed by atoms with Crippen molar-refractivity contribution in [2.24, 2.45) is 5.10 Å². The number of benzene rings is 4. The van der Waals surface area contributed by atoms with Gasteiger partial charge in [-0.3, -0.25) is 4.79 Å². The summed E-state index contributed by atoms with van der Waals surface area (Å²) in [6, 6.07) is 28.7. The third-order valence-electron chi connectivity index (χ3n) is 5.46. The highest BCUT2D eigenvalue weighted by Gasteiger charge is 2.12. The van der Waals surface area contributed by atoms with Gasteiger partial charge in [0, 0.05) is 20.1 Å². The summed E-state index contributed by atoms with van der Waals surface area (Å²) in [4.78, 5) is 18.1. The summed E-state index contributed by atoms with van der Waals surface area (Å²) in [5.41, 5.74) is 3.13. The molecule has 0 aliphatic heterocycles. The van der Waals surface area contributed by atoms with E-state index in [2.05, 4.69) is 59.6 Å². The SMILES string of the molecule is O=c1c2ccccc2nc(-c2ccccc2)n1N=Cc1ccc(OCc2ccc(Br)cc2Br)c(I)c1. The third kappa shape index (κ3) is 5.45. The Bertz CT molecular complexity index is 1650. The summed E-state index contributed by atoms with van der Waals surface area (Å²) in [7, 11) is 0. The first-order chi connectivity index (χ1) is 17.5. The van der Waals surface area contributed by atoms with Gasteiger partial charge in [-0.2, -0.15) is 9.78 Å². The van der Waals surface area contributed by atoms with Crippen LogP contribution < -0.4 is 10.3 Å². The van der Waals surface area contributed by atoms with Crippen molar-refractivity contribution in [3.05, 3.63) is 125 Å². The molecule has 0 fully saturated rings. The van der Waals surface area contributed by atoms with E-state index in [1.54, 1.807) is 12.3 Å². The van der Waals surface area contributed by atoms with Crippen LogP contribution in [0.3, 0.4) is 0 Å². The fourth-order valence-corrected chi connectivity index (χ4v) is 5.49. The van der Waals surface area contributed by atoms with E-state index in [0.717, 1.165) is 35.0 Å². The number of nitrogens with zero attached hydrogens (tertiary/aromatic N) is 3. The van der Waals surface area contributed by atoms with Gasteiger partial charge in [-0.05, 0) is 70.6 Å². The maximum atomic E-state index is 13.3. The van der Waals surface area contributed by atoms with Crippen LogP contribution in [0.4, 0.5) is 0 Å². The molecule has 0 radical (unpaired) electrons. The molecule has 8 heteroatoms. The van der Waals surface area contributed by atoms with Crippen molar-refractivity contribution in [1.82, 2.24) is 9.66 Å². The zero-order chi connectivity index (χ0) is 25.1. The van der Waals surface area contributed by atoms with Gasteiger partial charge in [-0.1, -0.05) is 80.4 Å². The number of para-hydroxylation sites is 1. The van der Waals surface area contributed by atoms with E-state index in [9.17, 15) is 4.79 Å². The summed E-state index contributed by atoms with van der Waals surface area (Å²) in [6.07, 6.45) is 1.67. The van der Waals surface area contributed by atoms with E-state index >= 15 is 0 Å². The Kier molecular flexibility index (Phi) is 7.64. The van der Waals surface area contributed by atoms with E-state index in [4.69, 9.17) is 9.72 Å². The Morgan fingerprint density at radius 3 is 2.50 bits per heavy atom. The van der Waals surface area contributed by atoms with E-state index in [1.807, 2.05) is 84.9 Å². The van der Waals surface area contributed by atoms with Gasteiger partial charge in [0.25, 0.3) is 5.56 Å². The summed E-state index contributed by atoms with van der Waals surface area (Å²) in [6.45, 7) is 0.440. The number of fused-ring (bicyclic) bond motifs is 1. The van der Waals surface area contributed by atoms with Crippen molar-refractivity contribution in [1.29, 1.82) is 0 Å². The lowest BCUT2D eigenvalue weighted by atomic mass is 10.2. The monoisotopic (exact) mass is 713 g/mol. The van der Waals surface area contributed by atoms with Crippen molar-refractivity contribution in [2.75, 3.05) is 0 Å². The second-order valence-electron chi connectivity index (χ2n) is 7.89. The summed E-state index contributed by atoms with van der Waals surface area (Å²) < 4.78 is 10.3. The largest absolute Gasteiger partial charge is 0.488 e. The van der Waals surface area contributed by atoms with Crippen LogP contribution in [0.2, 0.25) is 0 Å². The molecule has 5 nitrogen and oxygen atoms in total. The molecular weight excluding hydrogens is 697 g/mol. The highest BCUT2D eigenvalue weighted by Crippen LogP contribution is 2.26. The molecule has 0 bridgehead atoms. The molecule has 5 rings (SSSR count). The van der Waals surface area contributed by atoms with Crippen LogP contribution in [-0.4, -0.2) is 15.9 Å². The molecule has 0 atom stereocenters. The second-order valence-corrected chi connectivity index (χ2v) is 10.8. The van der Waals surface area contributed by atoms with Crippen LogP contribution in [-0.2, 0) is 6.61 Å². The standard InChI is InChI=1S/C28H18Br2IN3O2/c29-21-12-11-20(23(30)15-21)17-36-26-13-10-18(14-24(26)31)16-32-34-27(19-6-2-1-3-7-19)33-25-9-5-4-8-22(25)28(34)35/h1-16H,17H2. The predicted octanol–water partition coefficient (Wildman–Crippen LogP) is 7.65. The van der Waals surface area contributed by atoms with Crippen LogP contribution >= 0.6 is 54.5 Å². The first-order valence-corrected chi connectivity index (χ1v) is 13.6. The first kappa shape index (κ1) is 24.9. The number of halogens is 3. The lowest BCUT2D eigenvalue weighted by Gasteiger charge is -2.11. The minimum atomic E-state index is -0.217. The van der Waals surface area contributed by atoms with Gasteiger partial charge >= 0.3 is 0 Å². The fourth-order valence-electron chi connectivity index (χ4n) is 3.64. The van der Waals surface area contributed by atoms with Gasteiger partial charge in [0.1, 0.15) is 12.4 Å². The minimum Gasteiger partial charge on any atom is -0.488 e. The molecule has 0 saturated carbocycles.